The predicted molar refractivity (Wildman–Crippen MR) is 624 cm³/mol. The number of aryl methyl sites for hydroxylation is 7. The number of aliphatic hydroxyl groups excluding tert-OH is 1. The quantitative estimate of drug-likeness (QED) is 0.0166. The molecule has 12 aromatic carbocycles. The van der Waals surface area contributed by atoms with Crippen molar-refractivity contribution >= 4 is 186 Å². The lowest BCUT2D eigenvalue weighted by Gasteiger charge is -2.23. The van der Waals surface area contributed by atoms with Gasteiger partial charge in [-0.15, -0.1) is 13.2 Å². The second-order valence-corrected chi connectivity index (χ2v) is 70.3. The van der Waals surface area contributed by atoms with E-state index in [1.807, 2.05) is 104 Å². The Morgan fingerprint density at radius 3 is 0.777 bits per heavy atom. The van der Waals surface area contributed by atoms with Crippen LogP contribution in [-0.2, 0) is 47.7 Å². The van der Waals surface area contributed by atoms with Gasteiger partial charge in [-0.05, 0) is 161 Å². The molecule has 0 saturated carbocycles. The van der Waals surface area contributed by atoms with E-state index in [4.69, 9.17) is 39.5 Å². The summed E-state index contributed by atoms with van der Waals surface area (Å²) in [5.74, 6) is 0. The number of aliphatic hydroxyl groups is 1. The van der Waals surface area contributed by atoms with Crippen molar-refractivity contribution < 1.29 is 47.9 Å². The Kier molecular flexibility index (Phi) is 55.7. The first-order valence-corrected chi connectivity index (χ1v) is 69.7. The molecule has 3 heterocycles. The van der Waals surface area contributed by atoms with Crippen LogP contribution in [0.4, 0.5) is 0 Å². The zero-order valence-corrected chi connectivity index (χ0v) is 99.5. The first kappa shape index (κ1) is 121. The average Bonchev–Trinajstić information content (AvgIpc) is 1.82. The van der Waals surface area contributed by atoms with Gasteiger partial charge in [0.25, 0.3) is 0 Å². The Hall–Kier alpha value is -6.90. The SMILES string of the molecule is Brc1ccc(C2OCCO2)cc1.C=CC[Si](C)(C)Cl.C=CC[Si](C)(C)c1ccc(C2OCCO2)cc1.CC(Br)c1ccc(Br)cc1.Cc1ccc(Br)cc1.Cc1ccc(CCC[Si](C)(C)c2ccc(C(C)O)cc2)cc1.Cc1ccc(CCC[Si](C)(C)c2ccc(C3OCCO3)cc2)cc1.Cc1ccc(CCC[Si](C)(C)c2ccc(C=O)cc2)cc1.O=Cc1ccc(Br)cc1.O=Cc1ccc(Br)cc1. The summed E-state index contributed by atoms with van der Waals surface area (Å²) in [4.78, 5) is 31.4. The van der Waals surface area contributed by atoms with E-state index in [9.17, 15) is 19.5 Å². The average molecular weight is 2370 g/mol. The molecule has 22 heteroatoms. The van der Waals surface area contributed by atoms with Crippen LogP contribution in [0.15, 0.2) is 339 Å². The molecule has 0 bridgehead atoms. The van der Waals surface area contributed by atoms with Gasteiger partial charge in [-0.2, -0.15) is 11.1 Å². The van der Waals surface area contributed by atoms with Crippen LogP contribution in [0.5, 0.6) is 0 Å². The molecule has 0 spiro atoms. The number of benzene rings is 12. The molecule has 0 aliphatic carbocycles. The van der Waals surface area contributed by atoms with Gasteiger partial charge in [0.2, 0.25) is 0 Å². The maximum atomic E-state index is 10.7. The highest BCUT2D eigenvalue weighted by molar-refractivity contribution is 9.11. The van der Waals surface area contributed by atoms with Crippen molar-refractivity contribution in [3.8, 4) is 0 Å². The van der Waals surface area contributed by atoms with Gasteiger partial charge >= 0.3 is 0 Å². The molecule has 15 rings (SSSR count). The fourth-order valence-electron chi connectivity index (χ4n) is 14.7. The molecule has 2 unspecified atom stereocenters. The van der Waals surface area contributed by atoms with E-state index < -0.39 is 39.7 Å². The van der Waals surface area contributed by atoms with Gasteiger partial charge in [0, 0.05) is 60.6 Å². The molecule has 2 atom stereocenters. The van der Waals surface area contributed by atoms with Gasteiger partial charge in [0.15, 0.2) is 26.3 Å². The minimum Gasteiger partial charge on any atom is -0.389 e. The number of carbonyl (C=O) groups excluding carboxylic acids is 3. The summed E-state index contributed by atoms with van der Waals surface area (Å²) in [6.07, 6.45) is 12.9. The summed E-state index contributed by atoms with van der Waals surface area (Å²) >= 11 is 26.0. The van der Waals surface area contributed by atoms with E-state index in [2.05, 4.69) is 391 Å². The van der Waals surface area contributed by atoms with Crippen LogP contribution < -0.4 is 20.7 Å². The van der Waals surface area contributed by atoms with Crippen LogP contribution >= 0.6 is 107 Å². The monoisotopic (exact) mass is 2360 g/mol. The van der Waals surface area contributed by atoms with Gasteiger partial charge in [-0.25, -0.2) is 0 Å². The molecule has 3 fully saturated rings. The molecule has 3 aliphatic rings. The summed E-state index contributed by atoms with van der Waals surface area (Å²) in [6, 6.07) is 106. The molecule has 742 valence electrons. The van der Waals surface area contributed by atoms with E-state index in [-0.39, 0.29) is 25.0 Å². The second-order valence-electron chi connectivity index (χ2n) is 38.1. The van der Waals surface area contributed by atoms with Crippen LogP contribution in [0, 0.1) is 27.7 Å². The highest BCUT2D eigenvalue weighted by atomic mass is 79.9. The highest BCUT2D eigenvalue weighted by Gasteiger charge is 2.28. The number of carbonyl (C=O) groups is 3. The van der Waals surface area contributed by atoms with Gasteiger partial charge < -0.3 is 33.5 Å². The van der Waals surface area contributed by atoms with Gasteiger partial charge in [-0.3, -0.25) is 14.4 Å². The Morgan fingerprint density at radius 1 is 0.324 bits per heavy atom. The minimum absolute atomic E-state index is 0.155. The van der Waals surface area contributed by atoms with E-state index in [1.54, 1.807) is 24.3 Å². The van der Waals surface area contributed by atoms with E-state index in [0.717, 1.165) is 87.5 Å². The molecule has 1 N–H and O–H groups in total. The maximum Gasteiger partial charge on any atom is 0.184 e. The van der Waals surface area contributed by atoms with Crippen molar-refractivity contribution in [1.29, 1.82) is 0 Å². The number of alkyl halides is 1. The summed E-state index contributed by atoms with van der Waals surface area (Å²) in [5, 5.41) is 15.5. The topological polar surface area (TPSA) is 127 Å². The van der Waals surface area contributed by atoms with Crippen molar-refractivity contribution in [2.45, 2.75) is 206 Å². The number of allylic oxidation sites excluding steroid dienone is 2. The Balaban J connectivity index is 0.000000243. The third kappa shape index (κ3) is 48.1. The first-order chi connectivity index (χ1) is 66.1. The van der Waals surface area contributed by atoms with Crippen molar-refractivity contribution in [2.75, 3.05) is 39.6 Å². The van der Waals surface area contributed by atoms with Gasteiger partial charge in [-0.1, -0.05) is 484 Å². The number of hydrogen-bond acceptors (Lipinski definition) is 10. The van der Waals surface area contributed by atoms with Crippen LogP contribution in [-0.4, -0.2) is 103 Å². The minimum atomic E-state index is -1.40. The number of ether oxygens (including phenoxy) is 6. The highest BCUT2D eigenvalue weighted by Crippen LogP contribution is 2.30. The lowest BCUT2D eigenvalue weighted by atomic mass is 10.1. The van der Waals surface area contributed by atoms with Crippen molar-refractivity contribution in [2.24, 2.45) is 0 Å². The lowest BCUT2D eigenvalue weighted by Crippen LogP contribution is -2.41. The zero-order valence-electron chi connectivity index (χ0n) is 84.2. The number of hydrogen-bond donors (Lipinski definition) is 1. The lowest BCUT2D eigenvalue weighted by molar-refractivity contribution is -0.0443. The maximum absolute atomic E-state index is 10.7. The molecule has 0 radical (unpaired) electrons. The fraction of sp³-hybridized carbons (Fsp3) is 0.325. The van der Waals surface area contributed by atoms with Gasteiger partial charge in [0.1, 0.15) is 18.9 Å². The largest absolute Gasteiger partial charge is 0.389 e. The molecule has 0 aromatic heterocycles. The molecule has 10 nitrogen and oxygen atoms in total. The van der Waals surface area contributed by atoms with Crippen LogP contribution in [0.3, 0.4) is 0 Å². The summed E-state index contributed by atoms with van der Waals surface area (Å²) in [5.41, 5.74) is 17.5. The third-order valence-corrected chi connectivity index (χ3v) is 42.3. The summed E-state index contributed by atoms with van der Waals surface area (Å²) in [7, 11) is -6.81. The molecular weight excluding hydrogens is 2220 g/mol. The Morgan fingerprint density at radius 2 is 0.540 bits per heavy atom. The number of rotatable bonds is 28. The Bertz CT molecular complexity index is 5390. The molecule has 139 heavy (non-hydrogen) atoms. The van der Waals surface area contributed by atoms with Crippen LogP contribution in [0.1, 0.15) is 161 Å². The zero-order chi connectivity index (χ0) is 102. The van der Waals surface area contributed by atoms with Crippen molar-refractivity contribution in [3.63, 3.8) is 0 Å². The second kappa shape index (κ2) is 64.1. The van der Waals surface area contributed by atoms with E-state index >= 15 is 0 Å². The molecule has 3 saturated heterocycles. The normalized spacial score (nSPS) is 13.4. The van der Waals surface area contributed by atoms with E-state index in [0.29, 0.717) is 55.6 Å². The smallest absolute Gasteiger partial charge is 0.184 e. The third-order valence-electron chi connectivity index (χ3n) is 23.7. The van der Waals surface area contributed by atoms with Crippen molar-refractivity contribution in [1.82, 2.24) is 0 Å². The number of halogens is 7. The molecule has 3 aliphatic heterocycles. The van der Waals surface area contributed by atoms with Crippen molar-refractivity contribution in [3.05, 3.63) is 422 Å². The van der Waals surface area contributed by atoms with Crippen LogP contribution in [0.25, 0.3) is 0 Å². The fourth-order valence-corrected chi connectivity index (χ4v) is 26.7. The standard InChI is InChI=1S/C21H28O2Si.C20H28OSi.C19H24OSi.C14H20O2Si.C9H9BrO2.C8H8Br2.2C7H5BrO.C7H7Br.C5H11ClSi/c1-17-6-8-18(9-7-17)5-4-16-24(2,3)20-12-10-19(11-13-20)21-22-14-15-23-21;1-16-7-9-18(10-8-16)6-5-15-22(3,4)20-13-11-19(12-14-20)17(2)21;1-16-6-8-17(9-7-16)5-4-14-21(2,3)19-12-10-18(15-20)11-13-19;1-4-11-17(2,3)13-7-5-12(6-8-13)14-15-9-10-16-14;10-8-3-1-7(2-4-8)9-11-5-6-12-9;1-6(9)7-2-4-8(10)5-3-7;2*8-7-3-1-6(5-9)2-4-7;1-6-2-4-7(8)5-3-6;1-4-5-7(2,3)6/h6-13,21H,4-5,14-16H2,1-3H3;7-14,17,21H,5-6,15H2,1-4H3;6-13,15H,4-5,14H2,1-3H3;4-8,14H,1,9-11H2,2-3H3;1-4,9H,5-6H2;2-6H,1H3;2*1-5H;2-5H,1H3;4H,1,5H2,2-3H3. The van der Waals surface area contributed by atoms with Gasteiger partial charge in [0.05, 0.1) is 78.0 Å². The first-order valence-electron chi connectivity index (χ1n) is 47.7. The summed E-state index contributed by atoms with van der Waals surface area (Å²) < 4.78 is 38.1. The molecule has 12 aromatic rings. The predicted octanol–water partition coefficient (Wildman–Crippen LogP) is 32.7. The Labute approximate surface area is 892 Å². The molecular formula is C117H145Br6ClO10Si5. The van der Waals surface area contributed by atoms with Crippen LogP contribution in [0.2, 0.25) is 95.7 Å². The summed E-state index contributed by atoms with van der Waals surface area (Å²) in [6.45, 7) is 47.7. The molecule has 0 amide bonds. The number of aldehydes is 3. The van der Waals surface area contributed by atoms with E-state index in [1.165, 1.54) is 115 Å².